The third kappa shape index (κ3) is 3.46. The molecule has 0 spiro atoms. The zero-order valence-corrected chi connectivity index (χ0v) is 11.7. The molecule has 0 aliphatic rings. The standard InChI is InChI=1S/C15H17FN2O3/c1-9-11(8-14(20)21)15(17-5-2-6-19)12-7-10(16)3-4-13(12)18-9/h3-4,7,19H,2,5-6,8H2,1H3,(H,17,18)(H,20,21). The van der Waals surface area contributed by atoms with Crippen LogP contribution < -0.4 is 5.32 Å². The summed E-state index contributed by atoms with van der Waals surface area (Å²) in [6, 6.07) is 4.23. The van der Waals surface area contributed by atoms with Gasteiger partial charge in [-0.25, -0.2) is 4.39 Å². The van der Waals surface area contributed by atoms with Crippen molar-refractivity contribution in [2.45, 2.75) is 19.8 Å². The number of nitrogens with one attached hydrogen (secondary N) is 1. The summed E-state index contributed by atoms with van der Waals surface area (Å²) in [7, 11) is 0. The van der Waals surface area contributed by atoms with Gasteiger partial charge in [0, 0.05) is 35.5 Å². The Morgan fingerprint density at radius 3 is 2.86 bits per heavy atom. The smallest absolute Gasteiger partial charge is 0.307 e. The summed E-state index contributed by atoms with van der Waals surface area (Å²) in [6.07, 6.45) is 0.331. The molecule has 1 aromatic carbocycles. The van der Waals surface area contributed by atoms with Gasteiger partial charge in [0.25, 0.3) is 0 Å². The van der Waals surface area contributed by atoms with E-state index in [4.69, 9.17) is 10.2 Å². The lowest BCUT2D eigenvalue weighted by Gasteiger charge is -2.16. The molecule has 0 saturated carbocycles. The van der Waals surface area contributed by atoms with Gasteiger partial charge in [0.05, 0.1) is 11.9 Å². The van der Waals surface area contributed by atoms with Crippen LogP contribution in [0.3, 0.4) is 0 Å². The fourth-order valence-corrected chi connectivity index (χ4v) is 2.26. The second-order valence-electron chi connectivity index (χ2n) is 4.79. The maximum Gasteiger partial charge on any atom is 0.307 e. The van der Waals surface area contributed by atoms with E-state index in [1.54, 1.807) is 13.0 Å². The van der Waals surface area contributed by atoms with Crippen LogP contribution in [0.4, 0.5) is 10.1 Å². The third-order valence-corrected chi connectivity index (χ3v) is 3.22. The fourth-order valence-electron chi connectivity index (χ4n) is 2.26. The molecule has 21 heavy (non-hydrogen) atoms. The SMILES string of the molecule is Cc1nc2ccc(F)cc2c(NCCCO)c1CC(=O)O. The number of rotatable bonds is 6. The lowest BCUT2D eigenvalue weighted by atomic mass is 10.0. The minimum Gasteiger partial charge on any atom is -0.481 e. The van der Waals surface area contributed by atoms with Gasteiger partial charge in [-0.05, 0) is 31.5 Å². The van der Waals surface area contributed by atoms with E-state index in [-0.39, 0.29) is 13.0 Å². The van der Waals surface area contributed by atoms with Crippen LogP contribution >= 0.6 is 0 Å². The molecule has 0 aliphatic heterocycles. The van der Waals surface area contributed by atoms with Crippen LogP contribution in [-0.4, -0.2) is 34.3 Å². The van der Waals surface area contributed by atoms with E-state index in [9.17, 15) is 9.18 Å². The number of aromatic nitrogens is 1. The van der Waals surface area contributed by atoms with Crippen LogP contribution in [0.1, 0.15) is 17.7 Å². The van der Waals surface area contributed by atoms with Crippen LogP contribution in [0.15, 0.2) is 18.2 Å². The number of carbonyl (C=O) groups is 1. The Bertz CT molecular complexity index is 674. The molecule has 6 heteroatoms. The molecule has 1 heterocycles. The van der Waals surface area contributed by atoms with Crippen molar-refractivity contribution < 1.29 is 19.4 Å². The Morgan fingerprint density at radius 1 is 1.43 bits per heavy atom. The number of hydrogen-bond acceptors (Lipinski definition) is 4. The number of aliphatic hydroxyl groups excluding tert-OH is 1. The lowest BCUT2D eigenvalue weighted by molar-refractivity contribution is -0.136. The Balaban J connectivity index is 2.58. The van der Waals surface area contributed by atoms with Crippen molar-refractivity contribution in [3.8, 4) is 0 Å². The van der Waals surface area contributed by atoms with Crippen molar-refractivity contribution in [2.75, 3.05) is 18.5 Å². The summed E-state index contributed by atoms with van der Waals surface area (Å²) in [5.74, 6) is -1.37. The topological polar surface area (TPSA) is 82.5 Å². The quantitative estimate of drug-likeness (QED) is 0.710. The molecule has 0 atom stereocenters. The molecule has 0 fully saturated rings. The van der Waals surface area contributed by atoms with Crippen molar-refractivity contribution in [2.24, 2.45) is 0 Å². The largest absolute Gasteiger partial charge is 0.481 e. The number of aliphatic carboxylic acids is 1. The van der Waals surface area contributed by atoms with E-state index in [1.165, 1.54) is 12.1 Å². The first-order chi connectivity index (χ1) is 10.0. The number of halogens is 1. The number of aryl methyl sites for hydroxylation is 1. The zero-order chi connectivity index (χ0) is 15.4. The van der Waals surface area contributed by atoms with Gasteiger partial charge >= 0.3 is 5.97 Å². The van der Waals surface area contributed by atoms with E-state index in [0.29, 0.717) is 40.8 Å². The first-order valence-corrected chi connectivity index (χ1v) is 6.68. The predicted molar refractivity (Wildman–Crippen MR) is 78.0 cm³/mol. The van der Waals surface area contributed by atoms with Crippen LogP contribution in [0.25, 0.3) is 10.9 Å². The number of carboxylic acids is 1. The average Bonchev–Trinajstić information content (AvgIpc) is 2.42. The number of aliphatic hydroxyl groups is 1. The van der Waals surface area contributed by atoms with Gasteiger partial charge in [-0.1, -0.05) is 0 Å². The highest BCUT2D eigenvalue weighted by atomic mass is 19.1. The highest BCUT2D eigenvalue weighted by Crippen LogP contribution is 2.29. The molecule has 112 valence electrons. The van der Waals surface area contributed by atoms with E-state index < -0.39 is 11.8 Å². The number of nitrogens with zero attached hydrogens (tertiary/aromatic N) is 1. The molecule has 0 radical (unpaired) electrons. The van der Waals surface area contributed by atoms with Crippen LogP contribution in [0.2, 0.25) is 0 Å². The number of fused-ring (bicyclic) bond motifs is 1. The molecule has 0 unspecified atom stereocenters. The molecule has 5 nitrogen and oxygen atoms in total. The first-order valence-electron chi connectivity index (χ1n) is 6.68. The second-order valence-corrected chi connectivity index (χ2v) is 4.79. The summed E-state index contributed by atoms with van der Waals surface area (Å²) in [6.45, 7) is 2.23. The summed E-state index contributed by atoms with van der Waals surface area (Å²) < 4.78 is 13.5. The Hall–Kier alpha value is -2.21. The van der Waals surface area contributed by atoms with Gasteiger partial charge in [-0.3, -0.25) is 9.78 Å². The second kappa shape index (κ2) is 6.49. The fraction of sp³-hybridized carbons (Fsp3) is 0.333. The van der Waals surface area contributed by atoms with Gasteiger partial charge in [0.1, 0.15) is 5.82 Å². The maximum absolute atomic E-state index is 13.5. The minimum atomic E-state index is -0.971. The van der Waals surface area contributed by atoms with Crippen LogP contribution in [0, 0.1) is 12.7 Å². The number of pyridine rings is 1. The van der Waals surface area contributed by atoms with Crippen molar-refractivity contribution in [3.63, 3.8) is 0 Å². The van der Waals surface area contributed by atoms with Crippen LogP contribution in [-0.2, 0) is 11.2 Å². The van der Waals surface area contributed by atoms with Gasteiger partial charge < -0.3 is 15.5 Å². The highest BCUT2D eigenvalue weighted by molar-refractivity contribution is 5.94. The van der Waals surface area contributed by atoms with Gasteiger partial charge in [0.15, 0.2) is 0 Å². The van der Waals surface area contributed by atoms with Crippen molar-refractivity contribution in [1.29, 1.82) is 0 Å². The number of hydrogen-bond donors (Lipinski definition) is 3. The summed E-state index contributed by atoms with van der Waals surface area (Å²) in [5, 5.41) is 21.6. The molecule has 3 N–H and O–H groups in total. The van der Waals surface area contributed by atoms with Gasteiger partial charge in [0.2, 0.25) is 0 Å². The Kier molecular flexibility index (Phi) is 4.70. The predicted octanol–water partition coefficient (Wildman–Crippen LogP) is 2.10. The summed E-state index contributed by atoms with van der Waals surface area (Å²) >= 11 is 0. The van der Waals surface area contributed by atoms with E-state index in [0.717, 1.165) is 0 Å². The number of carboxylic acid groups (broad SMARTS) is 1. The van der Waals surface area contributed by atoms with Crippen molar-refractivity contribution >= 4 is 22.6 Å². The van der Waals surface area contributed by atoms with Crippen molar-refractivity contribution in [3.05, 3.63) is 35.3 Å². The molecule has 2 rings (SSSR count). The Labute approximate surface area is 121 Å². The monoisotopic (exact) mass is 292 g/mol. The molecule has 0 amide bonds. The Morgan fingerprint density at radius 2 is 2.19 bits per heavy atom. The molecular weight excluding hydrogens is 275 g/mol. The van der Waals surface area contributed by atoms with E-state index in [2.05, 4.69) is 10.3 Å². The normalized spacial score (nSPS) is 10.8. The molecule has 1 aromatic heterocycles. The minimum absolute atomic E-state index is 0.0254. The van der Waals surface area contributed by atoms with E-state index in [1.807, 2.05) is 0 Å². The maximum atomic E-state index is 13.5. The molecule has 0 saturated heterocycles. The lowest BCUT2D eigenvalue weighted by Crippen LogP contribution is -2.12. The summed E-state index contributed by atoms with van der Waals surface area (Å²) in [5.41, 5.74) is 2.32. The van der Waals surface area contributed by atoms with Crippen molar-refractivity contribution in [1.82, 2.24) is 4.98 Å². The zero-order valence-electron chi connectivity index (χ0n) is 11.7. The van der Waals surface area contributed by atoms with E-state index >= 15 is 0 Å². The third-order valence-electron chi connectivity index (χ3n) is 3.22. The average molecular weight is 292 g/mol. The van der Waals surface area contributed by atoms with Gasteiger partial charge in [-0.2, -0.15) is 0 Å². The number of benzene rings is 1. The number of anilines is 1. The molecule has 0 aliphatic carbocycles. The first kappa shape index (κ1) is 15.2. The van der Waals surface area contributed by atoms with Gasteiger partial charge in [-0.15, -0.1) is 0 Å². The molecule has 2 aromatic rings. The highest BCUT2D eigenvalue weighted by Gasteiger charge is 2.15. The summed E-state index contributed by atoms with van der Waals surface area (Å²) in [4.78, 5) is 15.4. The molecular formula is C15H17FN2O3. The molecule has 0 bridgehead atoms. The van der Waals surface area contributed by atoms with Crippen LogP contribution in [0.5, 0.6) is 0 Å².